The Morgan fingerprint density at radius 1 is 1.33 bits per heavy atom. The molecule has 0 rings (SSSR count). The lowest BCUT2D eigenvalue weighted by molar-refractivity contribution is -0.134. The van der Waals surface area contributed by atoms with E-state index in [4.69, 9.17) is 0 Å². The maximum Gasteiger partial charge on any atom is 0.516 e. The van der Waals surface area contributed by atoms with Gasteiger partial charge in [0.1, 0.15) is 0 Å². The molecule has 0 fully saturated rings. The molecule has 12 heavy (non-hydrogen) atoms. The summed E-state index contributed by atoms with van der Waals surface area (Å²) in [5.41, 5.74) is 0.768. The van der Waals surface area contributed by atoms with Crippen molar-refractivity contribution in [2.24, 2.45) is 0 Å². The van der Waals surface area contributed by atoms with Crippen LogP contribution in [-0.2, 0) is 14.3 Å². The van der Waals surface area contributed by atoms with E-state index in [1.807, 2.05) is 0 Å². The van der Waals surface area contributed by atoms with Gasteiger partial charge in [0.2, 0.25) is 0 Å². The lowest BCUT2D eigenvalue weighted by Gasteiger charge is -1.98. The number of carbonyl (C=O) groups excluding carboxylic acids is 2. The van der Waals surface area contributed by atoms with E-state index >= 15 is 0 Å². The van der Waals surface area contributed by atoms with Gasteiger partial charge in [0.15, 0.2) is 0 Å². The van der Waals surface area contributed by atoms with Gasteiger partial charge in [-0.25, -0.2) is 9.59 Å². The molecule has 0 aromatic carbocycles. The molecule has 0 radical (unpaired) electrons. The maximum absolute atomic E-state index is 10.7. The van der Waals surface area contributed by atoms with Crippen molar-refractivity contribution >= 4 is 12.1 Å². The molecule has 0 saturated heterocycles. The predicted octanol–water partition coefficient (Wildman–Crippen LogP) is 1.65. The number of hydrogen-bond donors (Lipinski definition) is 0. The molecule has 68 valence electrons. The van der Waals surface area contributed by atoms with Gasteiger partial charge in [-0.1, -0.05) is 5.57 Å². The van der Waals surface area contributed by atoms with Gasteiger partial charge < -0.3 is 9.47 Å². The molecule has 0 N–H and O–H groups in total. The average Bonchev–Trinajstić information content (AvgIpc) is 1.84. The largest absolute Gasteiger partial charge is 0.516 e. The van der Waals surface area contributed by atoms with E-state index in [1.54, 1.807) is 20.8 Å². The Morgan fingerprint density at radius 2 is 1.92 bits per heavy atom. The van der Waals surface area contributed by atoms with E-state index in [-0.39, 0.29) is 6.61 Å². The number of rotatable bonds is 2. The Hall–Kier alpha value is -1.32. The summed E-state index contributed by atoms with van der Waals surface area (Å²) in [6, 6.07) is 0. The first kappa shape index (κ1) is 10.7. The highest BCUT2D eigenvalue weighted by molar-refractivity contribution is 5.90. The van der Waals surface area contributed by atoms with Crippen molar-refractivity contribution in [3.8, 4) is 0 Å². The van der Waals surface area contributed by atoms with Crippen molar-refractivity contribution in [3.63, 3.8) is 0 Å². The van der Waals surface area contributed by atoms with Crippen LogP contribution in [0.2, 0.25) is 0 Å². The molecule has 0 aliphatic heterocycles. The van der Waals surface area contributed by atoms with Crippen molar-refractivity contribution in [2.45, 2.75) is 20.8 Å². The maximum atomic E-state index is 10.7. The molecule has 0 heterocycles. The molecule has 0 bridgehead atoms. The number of carbonyl (C=O) groups is 2. The lowest BCUT2D eigenvalue weighted by atomic mass is 10.3. The highest BCUT2D eigenvalue weighted by atomic mass is 16.7. The van der Waals surface area contributed by atoms with Gasteiger partial charge in [-0.2, -0.15) is 0 Å². The van der Waals surface area contributed by atoms with Crippen molar-refractivity contribution in [2.75, 3.05) is 6.61 Å². The Labute approximate surface area is 71.2 Å². The summed E-state index contributed by atoms with van der Waals surface area (Å²) in [7, 11) is 0. The van der Waals surface area contributed by atoms with Gasteiger partial charge in [-0.15, -0.1) is 0 Å². The third-order valence-corrected chi connectivity index (χ3v) is 0.853. The lowest BCUT2D eigenvalue weighted by Crippen LogP contribution is -2.11. The van der Waals surface area contributed by atoms with Crippen LogP contribution in [0, 0.1) is 0 Å². The predicted molar refractivity (Wildman–Crippen MR) is 42.5 cm³/mol. The van der Waals surface area contributed by atoms with Crippen LogP contribution in [0.1, 0.15) is 20.8 Å². The van der Waals surface area contributed by atoms with Gasteiger partial charge >= 0.3 is 12.1 Å². The van der Waals surface area contributed by atoms with E-state index in [1.165, 1.54) is 6.08 Å². The van der Waals surface area contributed by atoms with Crippen LogP contribution in [0.25, 0.3) is 0 Å². The van der Waals surface area contributed by atoms with E-state index in [2.05, 4.69) is 9.47 Å². The highest BCUT2D eigenvalue weighted by Gasteiger charge is 2.07. The molecule has 0 aliphatic rings. The van der Waals surface area contributed by atoms with Crippen molar-refractivity contribution < 1.29 is 19.1 Å². The average molecular weight is 172 g/mol. The topological polar surface area (TPSA) is 52.6 Å². The molecule has 0 amide bonds. The molecule has 0 aromatic heterocycles. The summed E-state index contributed by atoms with van der Waals surface area (Å²) < 4.78 is 8.61. The molecule has 0 aromatic rings. The number of allylic oxidation sites excluding steroid dienone is 1. The summed E-state index contributed by atoms with van der Waals surface area (Å²) in [6.07, 6.45) is 0.261. The molecular formula is C8H12O4. The van der Waals surface area contributed by atoms with Crippen molar-refractivity contribution in [1.29, 1.82) is 0 Å². The molecule has 4 heteroatoms. The molecular weight excluding hydrogens is 160 g/mol. The second-order valence-electron chi connectivity index (χ2n) is 2.33. The second kappa shape index (κ2) is 5.35. The van der Waals surface area contributed by atoms with Crippen LogP contribution in [0.4, 0.5) is 4.79 Å². The number of ether oxygens (including phenoxy) is 2. The minimum absolute atomic E-state index is 0.195. The first-order valence-electron chi connectivity index (χ1n) is 3.59. The number of esters is 1. The van der Waals surface area contributed by atoms with E-state index in [0.717, 1.165) is 5.57 Å². The zero-order valence-corrected chi connectivity index (χ0v) is 7.42. The van der Waals surface area contributed by atoms with Crippen molar-refractivity contribution in [3.05, 3.63) is 11.6 Å². The molecule has 0 atom stereocenters. The molecule has 0 spiro atoms. The first-order chi connectivity index (χ1) is 5.56. The molecule has 0 saturated carbocycles. The third kappa shape index (κ3) is 5.46. The first-order valence-corrected chi connectivity index (χ1v) is 3.59. The Bertz CT molecular complexity index is 201. The van der Waals surface area contributed by atoms with Gasteiger partial charge in [0.25, 0.3) is 0 Å². The van der Waals surface area contributed by atoms with Gasteiger partial charge in [0, 0.05) is 6.08 Å². The van der Waals surface area contributed by atoms with E-state index < -0.39 is 12.1 Å². The van der Waals surface area contributed by atoms with Crippen molar-refractivity contribution in [1.82, 2.24) is 0 Å². The van der Waals surface area contributed by atoms with E-state index in [9.17, 15) is 9.59 Å². The van der Waals surface area contributed by atoms with E-state index in [0.29, 0.717) is 0 Å². The van der Waals surface area contributed by atoms with Crippen LogP contribution in [-0.4, -0.2) is 18.7 Å². The molecule has 0 aliphatic carbocycles. The van der Waals surface area contributed by atoms with Crippen LogP contribution in [0.3, 0.4) is 0 Å². The molecule has 4 nitrogen and oxygen atoms in total. The Kier molecular flexibility index (Phi) is 4.76. The SMILES string of the molecule is CCOC(=O)OC(=O)C=C(C)C. The molecule has 0 unspecified atom stereocenters. The Morgan fingerprint density at radius 3 is 2.33 bits per heavy atom. The van der Waals surface area contributed by atoms with Gasteiger partial charge in [-0.3, -0.25) is 0 Å². The van der Waals surface area contributed by atoms with Crippen LogP contribution in [0.15, 0.2) is 11.6 Å². The summed E-state index contributed by atoms with van der Waals surface area (Å²) >= 11 is 0. The quantitative estimate of drug-likeness (QED) is 0.361. The van der Waals surface area contributed by atoms with Crippen LogP contribution in [0.5, 0.6) is 0 Å². The summed E-state index contributed by atoms with van der Waals surface area (Å²) in [5, 5.41) is 0. The third-order valence-electron chi connectivity index (χ3n) is 0.853. The standard InChI is InChI=1S/C8H12O4/c1-4-11-8(10)12-7(9)5-6(2)3/h5H,4H2,1-3H3. The Balaban J connectivity index is 3.85. The van der Waals surface area contributed by atoms with Gasteiger partial charge in [-0.05, 0) is 20.8 Å². The fourth-order valence-electron chi connectivity index (χ4n) is 0.495. The zero-order valence-electron chi connectivity index (χ0n) is 7.42. The monoisotopic (exact) mass is 172 g/mol. The van der Waals surface area contributed by atoms with Crippen LogP contribution >= 0.6 is 0 Å². The second-order valence-corrected chi connectivity index (χ2v) is 2.33. The zero-order chi connectivity index (χ0) is 9.56. The smallest absolute Gasteiger partial charge is 0.434 e. The van der Waals surface area contributed by atoms with Gasteiger partial charge in [0.05, 0.1) is 6.61 Å². The number of hydrogen-bond acceptors (Lipinski definition) is 4. The highest BCUT2D eigenvalue weighted by Crippen LogP contribution is 1.92. The normalized spacial score (nSPS) is 8.58. The fraction of sp³-hybridized carbons (Fsp3) is 0.500. The summed E-state index contributed by atoms with van der Waals surface area (Å²) in [4.78, 5) is 21.3. The van der Waals surface area contributed by atoms with Crippen LogP contribution < -0.4 is 0 Å². The summed E-state index contributed by atoms with van der Waals surface area (Å²) in [6.45, 7) is 5.28. The minimum atomic E-state index is -0.958. The minimum Gasteiger partial charge on any atom is -0.434 e. The summed E-state index contributed by atoms with van der Waals surface area (Å²) in [5.74, 6) is -0.701. The fourth-order valence-corrected chi connectivity index (χ4v) is 0.495.